The van der Waals surface area contributed by atoms with Crippen molar-refractivity contribution in [2.24, 2.45) is 11.8 Å². The first-order valence-electron chi connectivity index (χ1n) is 11.6. The second kappa shape index (κ2) is 10.1. The highest BCUT2D eigenvalue weighted by atomic mass is 32.2. The van der Waals surface area contributed by atoms with Gasteiger partial charge in [-0.1, -0.05) is 74.6 Å². The third-order valence-corrected chi connectivity index (χ3v) is 8.58. The predicted molar refractivity (Wildman–Crippen MR) is 124 cm³/mol. The van der Waals surface area contributed by atoms with Gasteiger partial charge < -0.3 is 5.32 Å². The number of nitrogens with one attached hydrogen (secondary N) is 1. The topological polar surface area (TPSA) is 80.3 Å². The molecule has 0 spiro atoms. The summed E-state index contributed by atoms with van der Waals surface area (Å²) in [6.07, 6.45) is 7.74. The van der Waals surface area contributed by atoms with Gasteiger partial charge in [0.1, 0.15) is 5.75 Å². The summed E-state index contributed by atoms with van der Waals surface area (Å²) >= 11 is 0. The standard InChI is InChI=1S/C26H31NO4S/c28-24(26-23(15-16-27-26)20-7-3-1-4-8-20)17-19-11-13-21(14-12-19)25(29)18-32(30,31)22-9-5-2-6-10-22/h2,5-6,9-14,20,23,26-27H,1,3-4,7-8,15-18H2/t23-,26-/m0/s1. The van der Waals surface area contributed by atoms with E-state index in [9.17, 15) is 18.0 Å². The third-order valence-electron chi connectivity index (χ3n) is 6.95. The summed E-state index contributed by atoms with van der Waals surface area (Å²) < 4.78 is 24.9. The Morgan fingerprint density at radius 2 is 1.56 bits per heavy atom. The van der Waals surface area contributed by atoms with E-state index in [0.717, 1.165) is 18.5 Å². The fourth-order valence-electron chi connectivity index (χ4n) is 5.23. The minimum Gasteiger partial charge on any atom is -0.307 e. The van der Waals surface area contributed by atoms with Crippen LogP contribution in [-0.4, -0.2) is 38.3 Å². The molecule has 2 aromatic carbocycles. The highest BCUT2D eigenvalue weighted by molar-refractivity contribution is 7.92. The first-order valence-corrected chi connectivity index (χ1v) is 13.3. The summed E-state index contributed by atoms with van der Waals surface area (Å²) in [6.45, 7) is 0.904. The molecule has 32 heavy (non-hydrogen) atoms. The Kier molecular flexibility index (Phi) is 7.21. The highest BCUT2D eigenvalue weighted by Gasteiger charge is 2.37. The number of rotatable bonds is 8. The lowest BCUT2D eigenvalue weighted by Gasteiger charge is -2.30. The molecule has 170 valence electrons. The molecule has 2 aromatic rings. The minimum atomic E-state index is -3.68. The van der Waals surface area contributed by atoms with Crippen molar-refractivity contribution >= 4 is 21.4 Å². The second-order valence-corrected chi connectivity index (χ2v) is 11.1. The molecule has 1 aliphatic carbocycles. The fraction of sp³-hybridized carbons (Fsp3) is 0.462. The average molecular weight is 454 g/mol. The summed E-state index contributed by atoms with van der Waals surface area (Å²) in [6, 6.07) is 14.7. The molecule has 1 N–H and O–H groups in total. The number of carbonyl (C=O) groups excluding carboxylic acids is 2. The molecule has 0 radical (unpaired) electrons. The molecule has 1 heterocycles. The first kappa shape index (κ1) is 22.9. The van der Waals surface area contributed by atoms with Crippen molar-refractivity contribution in [3.63, 3.8) is 0 Å². The number of sulfone groups is 1. The molecule has 0 amide bonds. The van der Waals surface area contributed by atoms with Crippen molar-refractivity contribution < 1.29 is 18.0 Å². The maximum atomic E-state index is 13.0. The van der Waals surface area contributed by atoms with Gasteiger partial charge in [0.25, 0.3) is 0 Å². The van der Waals surface area contributed by atoms with Crippen LogP contribution < -0.4 is 5.32 Å². The molecular weight excluding hydrogens is 422 g/mol. The Morgan fingerprint density at radius 1 is 0.875 bits per heavy atom. The fourth-order valence-corrected chi connectivity index (χ4v) is 6.48. The molecule has 1 saturated heterocycles. The van der Waals surface area contributed by atoms with Gasteiger partial charge in [-0.2, -0.15) is 0 Å². The Hall–Kier alpha value is -2.31. The molecule has 1 aliphatic heterocycles. The predicted octanol–water partition coefficient (Wildman–Crippen LogP) is 4.01. The molecule has 0 bridgehead atoms. The molecule has 0 unspecified atom stereocenters. The quantitative estimate of drug-likeness (QED) is 0.611. The number of carbonyl (C=O) groups is 2. The second-order valence-electron chi connectivity index (χ2n) is 9.12. The van der Waals surface area contributed by atoms with Crippen LogP contribution in [0.1, 0.15) is 54.4 Å². The molecule has 4 rings (SSSR count). The molecule has 2 fully saturated rings. The number of hydrogen-bond acceptors (Lipinski definition) is 5. The van der Waals surface area contributed by atoms with E-state index in [1.807, 2.05) is 0 Å². The SMILES string of the molecule is O=C(CS(=O)(=O)c1ccccc1)c1ccc(CC(=O)[C@H]2NCC[C@H]2C2CCCCC2)cc1. The van der Waals surface area contributed by atoms with E-state index in [2.05, 4.69) is 5.32 Å². The molecule has 5 nitrogen and oxygen atoms in total. The van der Waals surface area contributed by atoms with Crippen molar-refractivity contribution in [2.75, 3.05) is 12.3 Å². The lowest BCUT2D eigenvalue weighted by atomic mass is 9.75. The van der Waals surface area contributed by atoms with Crippen LogP contribution in [0.2, 0.25) is 0 Å². The summed E-state index contributed by atoms with van der Waals surface area (Å²) in [5.41, 5.74) is 1.20. The van der Waals surface area contributed by atoms with E-state index >= 15 is 0 Å². The van der Waals surface area contributed by atoms with Crippen LogP contribution in [0.3, 0.4) is 0 Å². The summed E-state index contributed by atoms with van der Waals surface area (Å²) in [5, 5.41) is 3.42. The molecule has 2 atom stereocenters. The van der Waals surface area contributed by atoms with Crippen LogP contribution in [0.5, 0.6) is 0 Å². The Bertz CT molecular complexity index is 1040. The zero-order valence-corrected chi connectivity index (χ0v) is 19.1. The number of Topliss-reactive ketones (excluding diaryl/α,β-unsaturated/α-hetero) is 2. The molecule has 1 saturated carbocycles. The maximum Gasteiger partial charge on any atom is 0.185 e. The van der Waals surface area contributed by atoms with Gasteiger partial charge in [-0.05, 0) is 42.5 Å². The van der Waals surface area contributed by atoms with Crippen molar-refractivity contribution in [1.82, 2.24) is 5.32 Å². The summed E-state index contributed by atoms with van der Waals surface area (Å²) in [7, 11) is -3.68. The zero-order valence-electron chi connectivity index (χ0n) is 18.3. The Balaban J connectivity index is 1.37. The van der Waals surface area contributed by atoms with Crippen LogP contribution in [0, 0.1) is 11.8 Å². The van der Waals surface area contributed by atoms with E-state index < -0.39 is 21.4 Å². The Labute approximate surface area is 190 Å². The van der Waals surface area contributed by atoms with E-state index in [1.54, 1.807) is 42.5 Å². The van der Waals surface area contributed by atoms with Gasteiger partial charge in [0.2, 0.25) is 0 Å². The normalized spacial score (nSPS) is 22.0. The van der Waals surface area contributed by atoms with Crippen LogP contribution in [0.25, 0.3) is 0 Å². The molecular formula is C26H31NO4S. The van der Waals surface area contributed by atoms with Gasteiger partial charge in [-0.3, -0.25) is 9.59 Å². The van der Waals surface area contributed by atoms with Crippen LogP contribution in [0.15, 0.2) is 59.5 Å². The smallest absolute Gasteiger partial charge is 0.185 e. The summed E-state index contributed by atoms with van der Waals surface area (Å²) in [5.74, 6) is 0.293. The number of benzene rings is 2. The van der Waals surface area contributed by atoms with Crippen molar-refractivity contribution in [1.29, 1.82) is 0 Å². The lowest BCUT2D eigenvalue weighted by Crippen LogP contribution is -2.40. The lowest BCUT2D eigenvalue weighted by molar-refractivity contribution is -0.121. The van der Waals surface area contributed by atoms with Crippen molar-refractivity contribution in [2.45, 2.75) is 55.9 Å². The third kappa shape index (κ3) is 5.36. The number of ketones is 2. The van der Waals surface area contributed by atoms with E-state index in [0.29, 0.717) is 23.8 Å². The first-order chi connectivity index (χ1) is 15.4. The van der Waals surface area contributed by atoms with Gasteiger partial charge in [0.05, 0.1) is 10.9 Å². The monoisotopic (exact) mass is 453 g/mol. The largest absolute Gasteiger partial charge is 0.307 e. The number of hydrogen-bond donors (Lipinski definition) is 1. The zero-order chi connectivity index (χ0) is 22.6. The Morgan fingerprint density at radius 3 is 2.25 bits per heavy atom. The van der Waals surface area contributed by atoms with Gasteiger partial charge in [-0.25, -0.2) is 8.42 Å². The maximum absolute atomic E-state index is 13.0. The van der Waals surface area contributed by atoms with Crippen LogP contribution in [-0.2, 0) is 21.1 Å². The molecule has 6 heteroatoms. The van der Waals surface area contributed by atoms with Crippen molar-refractivity contribution in [3.05, 3.63) is 65.7 Å². The van der Waals surface area contributed by atoms with Gasteiger partial charge in [-0.15, -0.1) is 0 Å². The van der Waals surface area contributed by atoms with E-state index in [4.69, 9.17) is 0 Å². The van der Waals surface area contributed by atoms with E-state index in [1.165, 1.54) is 44.2 Å². The van der Waals surface area contributed by atoms with Crippen molar-refractivity contribution in [3.8, 4) is 0 Å². The average Bonchev–Trinajstić information content (AvgIpc) is 3.31. The highest BCUT2D eigenvalue weighted by Crippen LogP contribution is 2.36. The van der Waals surface area contributed by atoms with E-state index in [-0.39, 0.29) is 16.7 Å². The summed E-state index contributed by atoms with van der Waals surface area (Å²) in [4.78, 5) is 25.7. The molecule has 2 aliphatic rings. The van der Waals surface area contributed by atoms with Crippen LogP contribution >= 0.6 is 0 Å². The minimum absolute atomic E-state index is 0.0737. The van der Waals surface area contributed by atoms with Gasteiger partial charge in [0.15, 0.2) is 21.4 Å². The van der Waals surface area contributed by atoms with Gasteiger partial charge in [0, 0.05) is 12.0 Å². The van der Waals surface area contributed by atoms with Crippen LogP contribution in [0.4, 0.5) is 0 Å². The van der Waals surface area contributed by atoms with Gasteiger partial charge >= 0.3 is 0 Å². The molecule has 0 aromatic heterocycles.